The van der Waals surface area contributed by atoms with Crippen molar-refractivity contribution in [2.45, 2.75) is 39.3 Å². The second kappa shape index (κ2) is 5.90. The molecular formula is C14H23N5OS. The lowest BCUT2D eigenvalue weighted by Gasteiger charge is -2.41. The highest BCUT2D eigenvalue weighted by Gasteiger charge is 2.28. The molecule has 3 rings (SSSR count). The van der Waals surface area contributed by atoms with Gasteiger partial charge in [0.1, 0.15) is 0 Å². The second-order valence-corrected chi connectivity index (χ2v) is 6.78. The molecule has 2 aromatic heterocycles. The van der Waals surface area contributed by atoms with E-state index in [0.717, 1.165) is 48.4 Å². The van der Waals surface area contributed by atoms with Gasteiger partial charge in [0.15, 0.2) is 0 Å². The van der Waals surface area contributed by atoms with Crippen LogP contribution in [0.25, 0.3) is 4.96 Å². The zero-order valence-electron chi connectivity index (χ0n) is 12.9. The third-order valence-corrected chi connectivity index (χ3v) is 4.98. The molecule has 0 radical (unpaired) electrons. The van der Waals surface area contributed by atoms with Gasteiger partial charge in [0.25, 0.3) is 0 Å². The summed E-state index contributed by atoms with van der Waals surface area (Å²) in [7, 11) is 0. The van der Waals surface area contributed by atoms with Crippen molar-refractivity contribution in [1.82, 2.24) is 19.5 Å². The highest BCUT2D eigenvalue weighted by Crippen LogP contribution is 2.26. The van der Waals surface area contributed by atoms with Crippen LogP contribution < -0.4 is 4.90 Å². The van der Waals surface area contributed by atoms with Crippen molar-refractivity contribution in [3.8, 4) is 0 Å². The lowest BCUT2D eigenvalue weighted by Crippen LogP contribution is -2.54. The van der Waals surface area contributed by atoms with Crippen LogP contribution in [-0.4, -0.2) is 62.9 Å². The molecule has 1 fully saturated rings. The molecule has 6 nitrogen and oxygen atoms in total. The Bertz CT molecular complexity index is 576. The largest absolute Gasteiger partial charge is 0.392 e. The van der Waals surface area contributed by atoms with E-state index in [9.17, 15) is 5.11 Å². The maximum atomic E-state index is 9.62. The minimum Gasteiger partial charge on any atom is -0.392 e. The summed E-state index contributed by atoms with van der Waals surface area (Å²) in [5.74, 6) is 0. The van der Waals surface area contributed by atoms with Crippen LogP contribution in [0.3, 0.4) is 0 Å². The first-order valence-corrected chi connectivity index (χ1v) is 8.38. The minimum absolute atomic E-state index is 0.267. The Kier molecular flexibility index (Phi) is 4.14. The molecule has 1 saturated heterocycles. The summed E-state index contributed by atoms with van der Waals surface area (Å²) in [6.45, 7) is 9.72. The first-order valence-electron chi connectivity index (χ1n) is 7.56. The molecule has 1 aliphatic rings. The second-order valence-electron chi connectivity index (χ2n) is 5.85. The van der Waals surface area contributed by atoms with Crippen molar-refractivity contribution in [2.75, 3.05) is 31.1 Å². The Morgan fingerprint density at radius 2 is 2.29 bits per heavy atom. The number of aliphatic hydroxyl groups excluding tert-OH is 1. The van der Waals surface area contributed by atoms with Crippen LogP contribution in [0.1, 0.15) is 26.0 Å². The fourth-order valence-electron chi connectivity index (χ4n) is 2.96. The van der Waals surface area contributed by atoms with E-state index in [2.05, 4.69) is 26.8 Å². The van der Waals surface area contributed by atoms with Crippen molar-refractivity contribution in [3.05, 3.63) is 11.9 Å². The smallest absolute Gasteiger partial charge is 0.214 e. The standard InChI is InChI=1S/C14H23N5OS/c1-4-12-9-18(6-5-17(12)8-11(3)20)14-16-19-7-10(2)15-13(19)21-14/h7,11-12,20H,4-6,8-9H2,1-3H3. The first kappa shape index (κ1) is 14.7. The summed E-state index contributed by atoms with van der Waals surface area (Å²) < 4.78 is 1.87. The van der Waals surface area contributed by atoms with Gasteiger partial charge in [-0.05, 0) is 20.3 Å². The molecule has 2 unspecified atom stereocenters. The highest BCUT2D eigenvalue weighted by atomic mass is 32.1. The van der Waals surface area contributed by atoms with Gasteiger partial charge in [-0.1, -0.05) is 18.3 Å². The van der Waals surface area contributed by atoms with E-state index >= 15 is 0 Å². The molecule has 0 spiro atoms. The molecule has 0 bridgehead atoms. The van der Waals surface area contributed by atoms with Crippen molar-refractivity contribution in [3.63, 3.8) is 0 Å². The number of β-amino-alcohol motifs (C(OH)–C–C–N with tert-alkyl or cyclic N) is 1. The predicted octanol–water partition coefficient (Wildman–Crippen LogP) is 1.38. The Morgan fingerprint density at radius 3 is 2.95 bits per heavy atom. The zero-order valence-corrected chi connectivity index (χ0v) is 13.7. The number of hydrogen-bond acceptors (Lipinski definition) is 6. The molecule has 1 N–H and O–H groups in total. The van der Waals surface area contributed by atoms with Crippen LogP contribution in [0, 0.1) is 6.92 Å². The molecule has 0 amide bonds. The maximum absolute atomic E-state index is 9.62. The van der Waals surface area contributed by atoms with Crippen LogP contribution in [0.5, 0.6) is 0 Å². The van der Waals surface area contributed by atoms with Crippen LogP contribution in [0.15, 0.2) is 6.20 Å². The van der Waals surface area contributed by atoms with E-state index in [1.165, 1.54) is 0 Å². The third kappa shape index (κ3) is 3.04. The number of hydrogen-bond donors (Lipinski definition) is 1. The van der Waals surface area contributed by atoms with Crippen LogP contribution in [-0.2, 0) is 0 Å². The van der Waals surface area contributed by atoms with Gasteiger partial charge in [0, 0.05) is 32.2 Å². The van der Waals surface area contributed by atoms with E-state index in [-0.39, 0.29) is 6.10 Å². The monoisotopic (exact) mass is 309 g/mol. The van der Waals surface area contributed by atoms with Gasteiger partial charge in [0.2, 0.25) is 10.1 Å². The molecule has 7 heteroatoms. The summed E-state index contributed by atoms with van der Waals surface area (Å²) in [6.07, 6.45) is 2.79. The lowest BCUT2D eigenvalue weighted by atomic mass is 10.1. The van der Waals surface area contributed by atoms with Crippen LogP contribution >= 0.6 is 11.3 Å². The first-order chi connectivity index (χ1) is 10.1. The van der Waals surface area contributed by atoms with Gasteiger partial charge >= 0.3 is 0 Å². The highest BCUT2D eigenvalue weighted by molar-refractivity contribution is 7.20. The predicted molar refractivity (Wildman–Crippen MR) is 85.1 cm³/mol. The molecule has 3 heterocycles. The number of fused-ring (bicyclic) bond motifs is 1. The van der Waals surface area contributed by atoms with Crippen molar-refractivity contribution < 1.29 is 5.11 Å². The molecular weight excluding hydrogens is 286 g/mol. The molecule has 2 atom stereocenters. The molecule has 0 aromatic carbocycles. The number of rotatable bonds is 4. The normalized spacial score (nSPS) is 22.1. The number of aliphatic hydroxyl groups is 1. The molecule has 0 saturated carbocycles. The SMILES string of the molecule is CCC1CN(c2nn3cc(C)nc3s2)CCN1CC(C)O. The van der Waals surface area contributed by atoms with Gasteiger partial charge in [-0.3, -0.25) is 4.90 Å². The van der Waals surface area contributed by atoms with Gasteiger partial charge in [0.05, 0.1) is 18.0 Å². The summed E-state index contributed by atoms with van der Waals surface area (Å²) >= 11 is 1.65. The average molecular weight is 309 g/mol. The molecule has 116 valence electrons. The Morgan fingerprint density at radius 1 is 1.48 bits per heavy atom. The fourth-order valence-corrected chi connectivity index (χ4v) is 3.92. The van der Waals surface area contributed by atoms with E-state index < -0.39 is 0 Å². The van der Waals surface area contributed by atoms with Crippen molar-refractivity contribution in [1.29, 1.82) is 0 Å². The number of nitrogens with zero attached hydrogens (tertiary/aromatic N) is 5. The number of imidazole rings is 1. The quantitative estimate of drug-likeness (QED) is 0.925. The minimum atomic E-state index is -0.267. The zero-order chi connectivity index (χ0) is 15.0. The van der Waals surface area contributed by atoms with Crippen LogP contribution in [0.2, 0.25) is 0 Å². The van der Waals surface area contributed by atoms with Gasteiger partial charge < -0.3 is 10.0 Å². The lowest BCUT2D eigenvalue weighted by molar-refractivity contribution is 0.0885. The Labute approximate surface area is 129 Å². The molecule has 1 aliphatic heterocycles. The topological polar surface area (TPSA) is 56.9 Å². The van der Waals surface area contributed by atoms with Gasteiger partial charge in [-0.15, -0.1) is 5.10 Å². The van der Waals surface area contributed by atoms with Crippen molar-refractivity contribution >= 4 is 21.4 Å². The average Bonchev–Trinajstić information content (AvgIpc) is 2.95. The summed E-state index contributed by atoms with van der Waals surface area (Å²) in [5.41, 5.74) is 1.01. The van der Waals surface area contributed by atoms with Gasteiger partial charge in [-0.2, -0.15) is 0 Å². The summed E-state index contributed by atoms with van der Waals surface area (Å²) in [4.78, 5) is 10.2. The van der Waals surface area contributed by atoms with E-state index in [1.54, 1.807) is 11.3 Å². The van der Waals surface area contributed by atoms with E-state index in [0.29, 0.717) is 6.04 Å². The van der Waals surface area contributed by atoms with E-state index in [1.807, 2.05) is 24.6 Å². The summed E-state index contributed by atoms with van der Waals surface area (Å²) in [5, 5.41) is 15.3. The maximum Gasteiger partial charge on any atom is 0.214 e. The van der Waals surface area contributed by atoms with Crippen molar-refractivity contribution in [2.24, 2.45) is 0 Å². The Balaban J connectivity index is 1.73. The molecule has 0 aliphatic carbocycles. The molecule has 21 heavy (non-hydrogen) atoms. The third-order valence-electron chi connectivity index (χ3n) is 4.00. The fraction of sp³-hybridized carbons (Fsp3) is 0.714. The Hall–Kier alpha value is -1.18. The number of anilines is 1. The number of aryl methyl sites for hydroxylation is 1. The number of aromatic nitrogens is 3. The molecule has 2 aromatic rings. The van der Waals surface area contributed by atoms with Crippen LogP contribution in [0.4, 0.5) is 5.13 Å². The van der Waals surface area contributed by atoms with Gasteiger partial charge in [-0.25, -0.2) is 9.50 Å². The summed E-state index contributed by atoms with van der Waals surface area (Å²) in [6, 6.07) is 0.478. The van der Waals surface area contributed by atoms with E-state index in [4.69, 9.17) is 0 Å². The number of piperazine rings is 1.